The van der Waals surface area contributed by atoms with Gasteiger partial charge in [0.1, 0.15) is 5.82 Å². The number of amides is 1. The van der Waals surface area contributed by atoms with Gasteiger partial charge in [-0.25, -0.2) is 9.18 Å². The van der Waals surface area contributed by atoms with E-state index in [-0.39, 0.29) is 12.2 Å². The summed E-state index contributed by atoms with van der Waals surface area (Å²) in [5.41, 5.74) is 1.88. The summed E-state index contributed by atoms with van der Waals surface area (Å²) >= 11 is 0. The Morgan fingerprint density at radius 3 is 2.61 bits per heavy atom. The Hall–Kier alpha value is -3.62. The molecule has 1 N–H and O–H groups in total. The molecule has 1 unspecified atom stereocenters. The third-order valence-corrected chi connectivity index (χ3v) is 3.84. The van der Waals surface area contributed by atoms with E-state index in [1.807, 2.05) is 31.2 Å². The number of nitrogens with zero attached hydrogens (tertiary/aromatic N) is 4. The number of aryl methyl sites for hydroxylation is 1. The minimum atomic E-state index is -1.12. The molecule has 9 heteroatoms. The van der Waals surface area contributed by atoms with Crippen LogP contribution < -0.4 is 5.32 Å². The summed E-state index contributed by atoms with van der Waals surface area (Å²) in [6.45, 7) is 3.05. The van der Waals surface area contributed by atoms with E-state index < -0.39 is 23.8 Å². The number of carbonyl (C=O) groups is 2. The molecule has 0 fully saturated rings. The van der Waals surface area contributed by atoms with Gasteiger partial charge in [0.2, 0.25) is 5.82 Å². The zero-order chi connectivity index (χ0) is 20.1. The molecule has 0 spiro atoms. The topological polar surface area (TPSA) is 99.0 Å². The molecule has 0 aliphatic carbocycles. The van der Waals surface area contributed by atoms with E-state index in [1.165, 1.54) is 25.1 Å². The van der Waals surface area contributed by atoms with Crippen molar-refractivity contribution in [1.29, 1.82) is 0 Å². The highest BCUT2D eigenvalue weighted by Crippen LogP contribution is 2.14. The Morgan fingerprint density at radius 2 is 1.89 bits per heavy atom. The molecule has 0 bridgehead atoms. The van der Waals surface area contributed by atoms with Gasteiger partial charge in [-0.1, -0.05) is 42.0 Å². The van der Waals surface area contributed by atoms with Gasteiger partial charge in [0, 0.05) is 5.56 Å². The predicted octanol–water partition coefficient (Wildman–Crippen LogP) is 2.36. The fraction of sp³-hybridized carbons (Fsp3) is 0.211. The van der Waals surface area contributed by atoms with Crippen LogP contribution in [0.4, 0.5) is 10.1 Å². The minimum Gasteiger partial charge on any atom is -0.451 e. The summed E-state index contributed by atoms with van der Waals surface area (Å²) in [7, 11) is 0. The minimum absolute atomic E-state index is 0.0103. The highest BCUT2D eigenvalue weighted by Gasteiger charge is 2.20. The largest absolute Gasteiger partial charge is 0.451 e. The SMILES string of the molecule is Cc1ccc(-c2nnn(CC(=O)OC(C)C(=O)Nc3ccccc3F)n2)cc1. The number of aromatic nitrogens is 4. The summed E-state index contributed by atoms with van der Waals surface area (Å²) in [5, 5.41) is 14.2. The number of nitrogens with one attached hydrogen (secondary N) is 1. The van der Waals surface area contributed by atoms with Crippen LogP contribution >= 0.6 is 0 Å². The first kappa shape index (κ1) is 19.2. The lowest BCUT2D eigenvalue weighted by atomic mass is 10.1. The molecule has 1 atom stereocenters. The summed E-state index contributed by atoms with van der Waals surface area (Å²) < 4.78 is 18.6. The molecule has 0 aliphatic rings. The van der Waals surface area contributed by atoms with Crippen molar-refractivity contribution in [3.05, 3.63) is 59.9 Å². The number of hydrogen-bond donors (Lipinski definition) is 1. The van der Waals surface area contributed by atoms with Gasteiger partial charge in [-0.3, -0.25) is 4.79 Å². The first-order chi connectivity index (χ1) is 13.4. The van der Waals surface area contributed by atoms with Crippen molar-refractivity contribution < 1.29 is 18.7 Å². The second kappa shape index (κ2) is 8.38. The maximum atomic E-state index is 13.6. The van der Waals surface area contributed by atoms with E-state index in [0.29, 0.717) is 5.82 Å². The summed E-state index contributed by atoms with van der Waals surface area (Å²) in [4.78, 5) is 25.2. The monoisotopic (exact) mass is 383 g/mol. The molecular formula is C19H18FN5O3. The summed E-state index contributed by atoms with van der Waals surface area (Å²) in [6.07, 6.45) is -1.12. The number of hydrogen-bond acceptors (Lipinski definition) is 6. The van der Waals surface area contributed by atoms with Gasteiger partial charge in [0.15, 0.2) is 12.6 Å². The van der Waals surface area contributed by atoms with Crippen molar-refractivity contribution in [3.8, 4) is 11.4 Å². The molecule has 0 saturated carbocycles. The van der Waals surface area contributed by atoms with Crippen molar-refractivity contribution in [3.63, 3.8) is 0 Å². The van der Waals surface area contributed by atoms with Crippen LogP contribution in [0.25, 0.3) is 11.4 Å². The molecule has 28 heavy (non-hydrogen) atoms. The molecule has 3 aromatic rings. The lowest BCUT2D eigenvalue weighted by Crippen LogP contribution is -2.31. The van der Waals surface area contributed by atoms with Gasteiger partial charge in [-0.2, -0.15) is 4.80 Å². The zero-order valence-electron chi connectivity index (χ0n) is 15.3. The fourth-order valence-corrected chi connectivity index (χ4v) is 2.33. The van der Waals surface area contributed by atoms with Crippen LogP contribution in [0.2, 0.25) is 0 Å². The Bertz CT molecular complexity index is 987. The third kappa shape index (κ3) is 4.76. The van der Waals surface area contributed by atoms with Crippen LogP contribution in [-0.4, -0.2) is 38.2 Å². The lowest BCUT2D eigenvalue weighted by molar-refractivity contribution is -0.154. The van der Waals surface area contributed by atoms with Gasteiger partial charge >= 0.3 is 5.97 Å². The molecule has 0 radical (unpaired) electrons. The molecule has 3 rings (SSSR count). The number of rotatable bonds is 6. The summed E-state index contributed by atoms with van der Waals surface area (Å²) in [5.74, 6) is -1.57. The second-order valence-corrected chi connectivity index (χ2v) is 6.11. The van der Waals surface area contributed by atoms with Gasteiger partial charge in [0.05, 0.1) is 5.69 Å². The van der Waals surface area contributed by atoms with Crippen molar-refractivity contribution in [2.45, 2.75) is 26.5 Å². The van der Waals surface area contributed by atoms with Crippen molar-refractivity contribution in [2.24, 2.45) is 0 Å². The van der Waals surface area contributed by atoms with Gasteiger partial charge < -0.3 is 10.1 Å². The van der Waals surface area contributed by atoms with Crippen LogP contribution in [-0.2, 0) is 20.9 Å². The van der Waals surface area contributed by atoms with Crippen molar-refractivity contribution in [1.82, 2.24) is 20.2 Å². The van der Waals surface area contributed by atoms with Crippen LogP contribution in [0.1, 0.15) is 12.5 Å². The molecule has 1 amide bonds. The van der Waals surface area contributed by atoms with Crippen LogP contribution in [0.3, 0.4) is 0 Å². The average molecular weight is 383 g/mol. The lowest BCUT2D eigenvalue weighted by Gasteiger charge is -2.13. The zero-order valence-corrected chi connectivity index (χ0v) is 15.3. The number of tetrazole rings is 1. The standard InChI is InChI=1S/C19H18FN5O3/c1-12-7-9-14(10-8-12)18-22-24-25(23-18)11-17(26)28-13(2)19(27)21-16-6-4-3-5-15(16)20/h3-10,13H,11H2,1-2H3,(H,21,27). The number of benzene rings is 2. The quantitative estimate of drug-likeness (QED) is 0.656. The first-order valence-corrected chi connectivity index (χ1v) is 8.52. The maximum Gasteiger partial charge on any atom is 0.330 e. The smallest absolute Gasteiger partial charge is 0.330 e. The van der Waals surface area contributed by atoms with E-state index >= 15 is 0 Å². The molecule has 0 saturated heterocycles. The van der Waals surface area contributed by atoms with E-state index in [4.69, 9.17) is 4.74 Å². The number of esters is 1. The maximum absolute atomic E-state index is 13.6. The number of carbonyl (C=O) groups excluding carboxylic acids is 2. The van der Waals surface area contributed by atoms with Gasteiger partial charge in [0.25, 0.3) is 5.91 Å². The Labute approximate surface area is 160 Å². The molecule has 1 aromatic heterocycles. The molecule has 144 valence electrons. The Balaban J connectivity index is 1.56. The predicted molar refractivity (Wildman–Crippen MR) is 98.6 cm³/mol. The van der Waals surface area contributed by atoms with E-state index in [0.717, 1.165) is 15.9 Å². The van der Waals surface area contributed by atoms with Crippen LogP contribution in [0.5, 0.6) is 0 Å². The molecule has 1 heterocycles. The first-order valence-electron chi connectivity index (χ1n) is 8.52. The normalized spacial score (nSPS) is 11.7. The average Bonchev–Trinajstić information content (AvgIpc) is 3.12. The number of ether oxygens (including phenoxy) is 1. The highest BCUT2D eigenvalue weighted by atomic mass is 19.1. The molecule has 0 aliphatic heterocycles. The molecular weight excluding hydrogens is 365 g/mol. The van der Waals surface area contributed by atoms with E-state index in [1.54, 1.807) is 6.07 Å². The summed E-state index contributed by atoms with van der Waals surface area (Å²) in [6, 6.07) is 13.2. The number of para-hydroxylation sites is 1. The van der Waals surface area contributed by atoms with Gasteiger partial charge in [-0.05, 0) is 31.2 Å². The Kier molecular flexibility index (Phi) is 5.73. The van der Waals surface area contributed by atoms with Crippen LogP contribution in [0, 0.1) is 12.7 Å². The molecule has 8 nitrogen and oxygen atoms in total. The van der Waals surface area contributed by atoms with Gasteiger partial charge in [-0.15, -0.1) is 10.2 Å². The van der Waals surface area contributed by atoms with Crippen LogP contribution in [0.15, 0.2) is 48.5 Å². The van der Waals surface area contributed by atoms with E-state index in [2.05, 4.69) is 20.7 Å². The highest BCUT2D eigenvalue weighted by molar-refractivity contribution is 5.95. The number of halogens is 1. The Morgan fingerprint density at radius 1 is 1.18 bits per heavy atom. The second-order valence-electron chi connectivity index (χ2n) is 6.11. The van der Waals surface area contributed by atoms with E-state index in [9.17, 15) is 14.0 Å². The number of anilines is 1. The molecule has 2 aromatic carbocycles. The third-order valence-electron chi connectivity index (χ3n) is 3.84. The van der Waals surface area contributed by atoms with Crippen molar-refractivity contribution >= 4 is 17.6 Å². The van der Waals surface area contributed by atoms with Crippen molar-refractivity contribution in [2.75, 3.05) is 5.32 Å². The fourth-order valence-electron chi connectivity index (χ4n) is 2.33.